The summed E-state index contributed by atoms with van der Waals surface area (Å²) in [6.07, 6.45) is -0.470. The fourth-order valence-corrected chi connectivity index (χ4v) is 3.80. The fourth-order valence-electron chi connectivity index (χ4n) is 3.80. The first kappa shape index (κ1) is 14.7. The first-order chi connectivity index (χ1) is 16.1. The fraction of sp³-hybridized carbons (Fsp3) is 0.308. The zero-order valence-corrected chi connectivity index (χ0v) is 17.6. The van der Waals surface area contributed by atoms with Crippen molar-refractivity contribution in [3.8, 4) is 11.3 Å². The number of aryl methyl sites for hydroxylation is 3. The van der Waals surface area contributed by atoms with E-state index in [1.54, 1.807) is 44.5 Å². The van der Waals surface area contributed by atoms with Gasteiger partial charge in [-0.25, -0.2) is 13.8 Å². The zero-order chi connectivity index (χ0) is 26.1. The van der Waals surface area contributed by atoms with Gasteiger partial charge >= 0.3 is 0 Å². The lowest BCUT2D eigenvalue weighted by atomic mass is 9.88. The van der Waals surface area contributed by atoms with Crippen LogP contribution in [-0.4, -0.2) is 0 Å². The number of fused-ring (bicyclic) bond motifs is 3. The van der Waals surface area contributed by atoms with Crippen molar-refractivity contribution in [2.45, 2.75) is 40.9 Å². The molecule has 3 nitrogen and oxygen atoms in total. The topological polar surface area (TPSA) is 21.4 Å². The van der Waals surface area contributed by atoms with Crippen molar-refractivity contribution in [3.63, 3.8) is 0 Å². The first-order valence-corrected chi connectivity index (χ1v) is 9.66. The molecule has 0 spiro atoms. The second-order valence-electron chi connectivity index (χ2n) is 8.59. The average Bonchev–Trinajstić information content (AvgIpc) is 3.12. The second kappa shape index (κ2) is 6.95. The average molecular weight is 407 g/mol. The molecule has 2 aromatic carbocycles. The summed E-state index contributed by atoms with van der Waals surface area (Å²) in [5.41, 5.74) is 1.67. The largest absolute Gasteiger partial charge is 0.466 e. The molecule has 0 aliphatic carbocycles. The molecule has 152 valence electrons. The van der Waals surface area contributed by atoms with Crippen LogP contribution in [-0.2, 0) is 13.4 Å². The molecule has 2 heterocycles. The molecule has 0 N–H and O–H groups in total. The Morgan fingerprint density at radius 2 is 1.93 bits per heavy atom. The quantitative estimate of drug-likeness (QED) is 0.260. The Morgan fingerprint density at radius 1 is 1.20 bits per heavy atom. The molecule has 0 radical (unpaired) electrons. The molecule has 0 fully saturated rings. The molecule has 0 aliphatic heterocycles. The van der Waals surface area contributed by atoms with Gasteiger partial charge in [0.15, 0.2) is 6.20 Å². The molecule has 4 aromatic rings. The van der Waals surface area contributed by atoms with Crippen LogP contribution in [0.5, 0.6) is 0 Å². The third-order valence-electron chi connectivity index (χ3n) is 5.09. The van der Waals surface area contributed by atoms with Crippen LogP contribution in [0.25, 0.3) is 38.0 Å². The van der Waals surface area contributed by atoms with E-state index >= 15 is 4.39 Å². The van der Waals surface area contributed by atoms with Gasteiger partial charge in [-0.15, -0.1) is 0 Å². The number of aromatic nitrogens is 1. The summed E-state index contributed by atoms with van der Waals surface area (Å²) >= 11 is 0. The van der Waals surface area contributed by atoms with Crippen LogP contribution in [0.15, 0.2) is 40.9 Å². The van der Waals surface area contributed by atoms with Crippen molar-refractivity contribution in [3.05, 3.63) is 70.5 Å². The van der Waals surface area contributed by atoms with Crippen molar-refractivity contribution >= 4 is 27.6 Å². The molecule has 4 heteroatoms. The lowest BCUT2D eigenvalue weighted by molar-refractivity contribution is -0.661. The van der Waals surface area contributed by atoms with E-state index < -0.39 is 24.5 Å². The van der Waals surface area contributed by atoms with Gasteiger partial charge in [0.2, 0.25) is 11.4 Å². The Labute approximate surface area is 183 Å². The van der Waals surface area contributed by atoms with Gasteiger partial charge in [-0.3, -0.25) is 0 Å². The third-order valence-corrected chi connectivity index (χ3v) is 5.09. The van der Waals surface area contributed by atoms with E-state index in [9.17, 15) is 0 Å². The highest BCUT2D eigenvalue weighted by atomic mass is 19.1. The first-order valence-electron chi connectivity index (χ1n) is 12.2. The Morgan fingerprint density at radius 3 is 2.60 bits per heavy atom. The van der Waals surface area contributed by atoms with Gasteiger partial charge in [-0.05, 0) is 36.7 Å². The van der Waals surface area contributed by atoms with E-state index in [-0.39, 0.29) is 22.4 Å². The van der Waals surface area contributed by atoms with Crippen LogP contribution < -0.4 is 4.57 Å². The minimum absolute atomic E-state index is 0.0503. The SMILES string of the molecule is [2H]C([2H])([2H])c1ccc([N+]#[C-])c2oc3c(-c4cc(F)c(C([2H])([2H])C(C)(C)C)c[n+]4C)c(C)ccc3c12. The second-order valence-corrected chi connectivity index (χ2v) is 8.59. The molecule has 0 atom stereocenters. The minimum atomic E-state index is -2.42. The normalized spacial score (nSPS) is 15.3. The van der Waals surface area contributed by atoms with Crippen molar-refractivity contribution < 1.29 is 20.2 Å². The Balaban J connectivity index is 2.09. The molecule has 2 aromatic heterocycles. The van der Waals surface area contributed by atoms with Gasteiger partial charge in [0, 0.05) is 23.7 Å². The molecule has 0 amide bonds. The van der Waals surface area contributed by atoms with Gasteiger partial charge < -0.3 is 4.42 Å². The van der Waals surface area contributed by atoms with E-state index in [4.69, 9.17) is 17.8 Å². The summed E-state index contributed by atoms with van der Waals surface area (Å²) in [5.74, 6) is -0.685. The van der Waals surface area contributed by atoms with E-state index in [1.807, 2.05) is 6.92 Å². The van der Waals surface area contributed by atoms with E-state index in [2.05, 4.69) is 4.85 Å². The smallest absolute Gasteiger partial charge is 0.229 e. The Bertz CT molecular complexity index is 1540. The van der Waals surface area contributed by atoms with Gasteiger partial charge in [0.05, 0.1) is 17.7 Å². The molecular weight excluding hydrogens is 375 g/mol. The maximum absolute atomic E-state index is 15.4. The van der Waals surface area contributed by atoms with Crippen LogP contribution in [0.4, 0.5) is 10.1 Å². The van der Waals surface area contributed by atoms with Crippen LogP contribution in [0.2, 0.25) is 0 Å². The van der Waals surface area contributed by atoms with Gasteiger partial charge in [0.1, 0.15) is 24.0 Å². The molecule has 30 heavy (non-hydrogen) atoms. The number of furan rings is 1. The standard InChI is InChI=1S/C26H26FN2O/c1-15-9-11-20(28-6)25-22(15)18-10-8-16(2)23(24(18)30-25)21-12-19(27)17(14-29(21)7)13-26(3,4)5/h8-12,14H,13H2,1-5,7H3/q+1/i1D3,13D2. The van der Waals surface area contributed by atoms with E-state index in [0.29, 0.717) is 27.6 Å². The summed E-state index contributed by atoms with van der Waals surface area (Å²) in [6, 6.07) is 7.72. The highest BCUT2D eigenvalue weighted by Gasteiger charge is 2.25. The lowest BCUT2D eigenvalue weighted by Crippen LogP contribution is -2.33. The number of nitrogens with zero attached hydrogens (tertiary/aromatic N) is 2. The number of halogens is 1. The number of hydrogen-bond donors (Lipinski definition) is 0. The van der Waals surface area contributed by atoms with Crippen LogP contribution >= 0.6 is 0 Å². The number of hydrogen-bond acceptors (Lipinski definition) is 1. The van der Waals surface area contributed by atoms with Gasteiger partial charge in [0.25, 0.3) is 0 Å². The minimum Gasteiger partial charge on any atom is -0.466 e. The highest BCUT2D eigenvalue weighted by molar-refractivity contribution is 6.14. The summed E-state index contributed by atoms with van der Waals surface area (Å²) in [4.78, 5) is 3.50. The van der Waals surface area contributed by atoms with Crippen molar-refractivity contribution in [1.29, 1.82) is 0 Å². The predicted octanol–water partition coefficient (Wildman–Crippen LogP) is 6.97. The van der Waals surface area contributed by atoms with Crippen molar-refractivity contribution in [1.82, 2.24) is 0 Å². The van der Waals surface area contributed by atoms with Crippen molar-refractivity contribution in [2.75, 3.05) is 0 Å². The zero-order valence-electron chi connectivity index (χ0n) is 22.6. The lowest BCUT2D eigenvalue weighted by Gasteiger charge is -2.18. The van der Waals surface area contributed by atoms with E-state index in [1.165, 1.54) is 24.4 Å². The number of benzene rings is 2. The molecule has 0 aliphatic rings. The number of rotatable bonds is 2. The Hall–Kier alpha value is -3.19. The summed E-state index contributed by atoms with van der Waals surface area (Å²) in [6.45, 7) is 12.1. The monoisotopic (exact) mass is 406 g/mol. The highest BCUT2D eigenvalue weighted by Crippen LogP contribution is 2.41. The third kappa shape index (κ3) is 3.25. The van der Waals surface area contributed by atoms with Gasteiger partial charge in [-0.2, -0.15) is 0 Å². The summed E-state index contributed by atoms with van der Waals surface area (Å²) in [7, 11) is 1.70. The van der Waals surface area contributed by atoms with Crippen LogP contribution in [0.3, 0.4) is 0 Å². The maximum atomic E-state index is 15.4. The van der Waals surface area contributed by atoms with Crippen LogP contribution in [0, 0.1) is 31.6 Å². The molecule has 0 saturated carbocycles. The molecule has 0 saturated heterocycles. The van der Waals surface area contributed by atoms with Crippen LogP contribution in [0.1, 0.15) is 44.3 Å². The van der Waals surface area contributed by atoms with Crippen molar-refractivity contribution in [2.24, 2.45) is 12.5 Å². The number of pyridine rings is 1. The van der Waals surface area contributed by atoms with Gasteiger partial charge in [-0.1, -0.05) is 45.0 Å². The molecule has 0 unspecified atom stereocenters. The Kier molecular flexibility index (Phi) is 3.41. The van der Waals surface area contributed by atoms with E-state index in [0.717, 1.165) is 5.56 Å². The molecular formula is C26H26FN2O+. The maximum Gasteiger partial charge on any atom is 0.229 e. The molecule has 0 bridgehead atoms. The summed E-state index contributed by atoms with van der Waals surface area (Å²) in [5, 5.41) is 0.866. The molecule has 4 rings (SSSR count). The summed E-state index contributed by atoms with van der Waals surface area (Å²) < 4.78 is 64.2. The predicted molar refractivity (Wildman–Crippen MR) is 119 cm³/mol.